The van der Waals surface area contributed by atoms with Crippen molar-refractivity contribution >= 4 is 17.8 Å². The van der Waals surface area contributed by atoms with E-state index in [1.54, 1.807) is 14.1 Å². The Kier molecular flexibility index (Phi) is 4.44. The van der Waals surface area contributed by atoms with Gasteiger partial charge < -0.3 is 15.4 Å². The van der Waals surface area contributed by atoms with Crippen LogP contribution in [0.5, 0.6) is 0 Å². The molecular weight excluding hydrogens is 226 g/mol. The lowest BCUT2D eigenvalue weighted by Crippen LogP contribution is -2.24. The van der Waals surface area contributed by atoms with Crippen LogP contribution < -0.4 is 5.73 Å². The standard InChI is InChI=1S/C9H15N5O3/c1-13(2)7(15)3-4-17-8(16)5-14-6-11-9(10)12-14/h6H,3-5H2,1-2H3,(H2,10,12). The number of esters is 1. The highest BCUT2D eigenvalue weighted by Crippen LogP contribution is 1.93. The Morgan fingerprint density at radius 1 is 1.53 bits per heavy atom. The smallest absolute Gasteiger partial charge is 0.327 e. The number of carbonyl (C=O) groups excluding carboxylic acids is 2. The van der Waals surface area contributed by atoms with Crippen LogP contribution in [0, 0.1) is 0 Å². The Labute approximate surface area is 98.3 Å². The molecule has 0 aliphatic rings. The highest BCUT2D eigenvalue weighted by atomic mass is 16.5. The topological polar surface area (TPSA) is 103 Å². The second-order valence-electron chi connectivity index (χ2n) is 3.56. The summed E-state index contributed by atoms with van der Waals surface area (Å²) in [6, 6.07) is 0. The molecule has 0 fully saturated rings. The summed E-state index contributed by atoms with van der Waals surface area (Å²) in [5.74, 6) is -0.482. The van der Waals surface area contributed by atoms with Crippen molar-refractivity contribution < 1.29 is 14.3 Å². The minimum Gasteiger partial charge on any atom is -0.464 e. The van der Waals surface area contributed by atoms with Crippen molar-refractivity contribution in [3.63, 3.8) is 0 Å². The van der Waals surface area contributed by atoms with Gasteiger partial charge in [0.15, 0.2) is 0 Å². The van der Waals surface area contributed by atoms with Crippen LogP contribution in [-0.4, -0.2) is 52.2 Å². The molecule has 17 heavy (non-hydrogen) atoms. The second kappa shape index (κ2) is 5.83. The molecule has 1 aromatic rings. The van der Waals surface area contributed by atoms with Gasteiger partial charge in [0, 0.05) is 14.1 Å². The summed E-state index contributed by atoms with van der Waals surface area (Å²) in [5.41, 5.74) is 5.28. The largest absolute Gasteiger partial charge is 0.464 e. The van der Waals surface area contributed by atoms with E-state index >= 15 is 0 Å². The Morgan fingerprint density at radius 2 is 2.24 bits per heavy atom. The van der Waals surface area contributed by atoms with Crippen LogP contribution in [0.4, 0.5) is 5.95 Å². The molecule has 1 aromatic heterocycles. The molecule has 8 nitrogen and oxygen atoms in total. The second-order valence-corrected chi connectivity index (χ2v) is 3.56. The number of rotatable bonds is 5. The van der Waals surface area contributed by atoms with E-state index in [-0.39, 0.29) is 31.4 Å². The number of amides is 1. The number of nitrogens with zero attached hydrogens (tertiary/aromatic N) is 4. The van der Waals surface area contributed by atoms with Crippen molar-refractivity contribution in [3.8, 4) is 0 Å². The molecule has 1 amide bonds. The summed E-state index contributed by atoms with van der Waals surface area (Å²) < 4.78 is 6.13. The maximum Gasteiger partial charge on any atom is 0.327 e. The van der Waals surface area contributed by atoms with Gasteiger partial charge in [-0.3, -0.25) is 9.59 Å². The maximum absolute atomic E-state index is 11.3. The lowest BCUT2D eigenvalue weighted by Gasteiger charge is -2.10. The van der Waals surface area contributed by atoms with Crippen molar-refractivity contribution in [2.45, 2.75) is 13.0 Å². The number of ether oxygens (including phenoxy) is 1. The monoisotopic (exact) mass is 241 g/mol. The average Bonchev–Trinajstić information content (AvgIpc) is 2.63. The fourth-order valence-corrected chi connectivity index (χ4v) is 1.04. The summed E-state index contributed by atoms with van der Waals surface area (Å²) in [4.78, 5) is 27.6. The lowest BCUT2D eigenvalue weighted by molar-refractivity contribution is -0.145. The van der Waals surface area contributed by atoms with Crippen LogP contribution in [0.15, 0.2) is 6.33 Å². The predicted molar refractivity (Wildman–Crippen MR) is 58.7 cm³/mol. The number of hydrogen-bond acceptors (Lipinski definition) is 6. The average molecular weight is 241 g/mol. The molecule has 1 heterocycles. The van der Waals surface area contributed by atoms with Gasteiger partial charge in [-0.15, -0.1) is 5.10 Å². The van der Waals surface area contributed by atoms with Gasteiger partial charge in [-0.05, 0) is 0 Å². The van der Waals surface area contributed by atoms with E-state index < -0.39 is 5.97 Å². The van der Waals surface area contributed by atoms with Crippen LogP contribution in [0.3, 0.4) is 0 Å². The minimum absolute atomic E-state index is 0.0556. The Hall–Kier alpha value is -2.12. The van der Waals surface area contributed by atoms with E-state index in [0.29, 0.717) is 0 Å². The van der Waals surface area contributed by atoms with E-state index in [9.17, 15) is 9.59 Å². The number of anilines is 1. The molecule has 0 aliphatic heterocycles. The summed E-state index contributed by atoms with van der Waals surface area (Å²) in [7, 11) is 3.28. The third-order valence-electron chi connectivity index (χ3n) is 1.92. The van der Waals surface area contributed by atoms with Crippen LogP contribution in [0.2, 0.25) is 0 Å². The van der Waals surface area contributed by atoms with Gasteiger partial charge in [-0.25, -0.2) is 9.67 Å². The molecule has 0 aromatic carbocycles. The third kappa shape index (κ3) is 4.49. The molecule has 0 spiro atoms. The summed E-state index contributed by atoms with van der Waals surface area (Å²) in [6.45, 7) is -0.0135. The first-order valence-corrected chi connectivity index (χ1v) is 4.99. The number of hydrogen-bond donors (Lipinski definition) is 1. The summed E-state index contributed by atoms with van der Waals surface area (Å²) in [5, 5.41) is 3.73. The van der Waals surface area contributed by atoms with E-state index in [0.717, 1.165) is 0 Å². The van der Waals surface area contributed by atoms with Gasteiger partial charge in [0.2, 0.25) is 11.9 Å². The Morgan fingerprint density at radius 3 is 2.76 bits per heavy atom. The van der Waals surface area contributed by atoms with Crippen LogP contribution in [-0.2, 0) is 20.9 Å². The Balaban J connectivity index is 2.24. The quantitative estimate of drug-likeness (QED) is 0.655. The van der Waals surface area contributed by atoms with Crippen molar-refractivity contribution in [2.24, 2.45) is 0 Å². The van der Waals surface area contributed by atoms with Gasteiger partial charge in [0.25, 0.3) is 0 Å². The predicted octanol–water partition coefficient (Wildman–Crippen LogP) is -1.12. The van der Waals surface area contributed by atoms with E-state index in [4.69, 9.17) is 10.5 Å². The SMILES string of the molecule is CN(C)C(=O)CCOC(=O)Cn1cnc(N)n1. The van der Waals surface area contributed by atoms with E-state index in [1.807, 2.05) is 0 Å². The number of carbonyl (C=O) groups is 2. The fraction of sp³-hybridized carbons (Fsp3) is 0.556. The Bertz CT molecular complexity index is 401. The van der Waals surface area contributed by atoms with E-state index in [1.165, 1.54) is 15.9 Å². The van der Waals surface area contributed by atoms with Crippen molar-refractivity contribution in [1.82, 2.24) is 19.7 Å². The molecule has 0 aliphatic carbocycles. The molecular formula is C9H15N5O3. The van der Waals surface area contributed by atoms with Gasteiger partial charge in [-0.2, -0.15) is 0 Å². The van der Waals surface area contributed by atoms with Crippen molar-refractivity contribution in [2.75, 3.05) is 26.4 Å². The molecule has 94 valence electrons. The molecule has 2 N–H and O–H groups in total. The summed E-state index contributed by atoms with van der Waals surface area (Å²) >= 11 is 0. The fourth-order valence-electron chi connectivity index (χ4n) is 1.04. The van der Waals surface area contributed by atoms with Gasteiger partial charge >= 0.3 is 5.97 Å². The minimum atomic E-state index is -0.485. The number of nitrogens with two attached hydrogens (primary N) is 1. The number of nitrogen functional groups attached to an aromatic ring is 1. The lowest BCUT2D eigenvalue weighted by atomic mass is 10.4. The van der Waals surface area contributed by atoms with Crippen LogP contribution >= 0.6 is 0 Å². The van der Waals surface area contributed by atoms with Gasteiger partial charge in [0.05, 0.1) is 6.42 Å². The van der Waals surface area contributed by atoms with Crippen molar-refractivity contribution in [1.29, 1.82) is 0 Å². The molecule has 0 unspecified atom stereocenters. The first-order valence-electron chi connectivity index (χ1n) is 4.99. The normalized spacial score (nSPS) is 10.0. The highest BCUT2D eigenvalue weighted by molar-refractivity contribution is 5.76. The molecule has 0 saturated carbocycles. The van der Waals surface area contributed by atoms with E-state index in [2.05, 4.69) is 10.1 Å². The molecule has 0 atom stereocenters. The first kappa shape index (κ1) is 12.9. The molecule has 1 rings (SSSR count). The molecule has 8 heteroatoms. The zero-order valence-electron chi connectivity index (χ0n) is 9.79. The zero-order valence-corrected chi connectivity index (χ0v) is 9.79. The molecule has 0 radical (unpaired) electrons. The maximum atomic E-state index is 11.3. The highest BCUT2D eigenvalue weighted by Gasteiger charge is 2.08. The number of aromatic nitrogens is 3. The van der Waals surface area contributed by atoms with Crippen LogP contribution in [0.1, 0.15) is 6.42 Å². The van der Waals surface area contributed by atoms with Crippen molar-refractivity contribution in [3.05, 3.63) is 6.33 Å². The molecule has 0 bridgehead atoms. The first-order chi connectivity index (χ1) is 7.99. The summed E-state index contributed by atoms with van der Waals surface area (Å²) in [6.07, 6.45) is 1.50. The molecule has 0 saturated heterocycles. The van der Waals surface area contributed by atoms with Crippen LogP contribution in [0.25, 0.3) is 0 Å². The van der Waals surface area contributed by atoms with Gasteiger partial charge in [0.1, 0.15) is 19.5 Å². The third-order valence-corrected chi connectivity index (χ3v) is 1.92. The zero-order chi connectivity index (χ0) is 12.8. The van der Waals surface area contributed by atoms with Gasteiger partial charge in [-0.1, -0.05) is 0 Å².